The third-order valence-corrected chi connectivity index (χ3v) is 2.15. The number of nitrogens with one attached hydrogen (secondary N) is 1. The summed E-state index contributed by atoms with van der Waals surface area (Å²) in [5.74, 6) is 0.876. The lowest BCUT2D eigenvalue weighted by Gasteiger charge is -2.03. The fraction of sp³-hybridized carbons (Fsp3) is 0.333. The summed E-state index contributed by atoms with van der Waals surface area (Å²) in [7, 11) is 0. The summed E-state index contributed by atoms with van der Waals surface area (Å²) in [4.78, 5) is 8.17. The third kappa shape index (κ3) is 3.46. The molecule has 1 aromatic heterocycles. The Morgan fingerprint density at radius 3 is 3.15 bits per heavy atom. The second kappa shape index (κ2) is 5.59. The van der Waals surface area contributed by atoms with Crippen LogP contribution in [0, 0.1) is 0 Å². The van der Waals surface area contributed by atoms with Gasteiger partial charge in [0.2, 0.25) is 0 Å². The molecule has 0 saturated carbocycles. The van der Waals surface area contributed by atoms with Gasteiger partial charge >= 0.3 is 0 Å². The summed E-state index contributed by atoms with van der Waals surface area (Å²) in [5, 5.41) is 4.17. The molecule has 3 nitrogen and oxygen atoms in total. The van der Waals surface area contributed by atoms with E-state index < -0.39 is 0 Å². The van der Waals surface area contributed by atoms with Crippen LogP contribution >= 0.6 is 11.8 Å². The first kappa shape index (κ1) is 10.1. The van der Waals surface area contributed by atoms with Crippen LogP contribution in [0.4, 0.5) is 5.82 Å². The van der Waals surface area contributed by atoms with Crippen molar-refractivity contribution in [1.82, 2.24) is 9.97 Å². The van der Waals surface area contributed by atoms with Crippen LogP contribution in [0.2, 0.25) is 0 Å². The smallest absolute Gasteiger partial charge is 0.130 e. The average Bonchev–Trinajstić information content (AvgIpc) is 2.19. The number of hydrogen-bond donors (Lipinski definition) is 1. The van der Waals surface area contributed by atoms with E-state index in [1.807, 2.05) is 18.4 Å². The second-order valence-electron chi connectivity index (χ2n) is 2.45. The van der Waals surface area contributed by atoms with Crippen molar-refractivity contribution in [2.24, 2.45) is 0 Å². The van der Waals surface area contributed by atoms with E-state index in [1.54, 1.807) is 18.1 Å². The van der Waals surface area contributed by atoms with Gasteiger partial charge in [0.15, 0.2) is 0 Å². The molecule has 1 heterocycles. The largest absolute Gasteiger partial charge is 0.370 e. The zero-order valence-electron chi connectivity index (χ0n) is 7.66. The first-order valence-corrected chi connectivity index (χ1v) is 5.30. The molecule has 1 rings (SSSR count). The Bertz CT molecular complexity index is 275. The monoisotopic (exact) mass is 195 g/mol. The molecule has 0 aliphatic heterocycles. The maximum Gasteiger partial charge on any atom is 0.130 e. The average molecular weight is 195 g/mol. The molecule has 0 aliphatic carbocycles. The molecular formula is C9H13N3S. The Morgan fingerprint density at radius 1 is 1.62 bits per heavy atom. The van der Waals surface area contributed by atoms with Gasteiger partial charge in [-0.15, -0.1) is 18.3 Å². The molecule has 1 aromatic rings. The summed E-state index contributed by atoms with van der Waals surface area (Å²) in [5.41, 5.74) is 0. The normalized spacial score (nSPS) is 9.62. The topological polar surface area (TPSA) is 37.8 Å². The van der Waals surface area contributed by atoms with Gasteiger partial charge in [-0.2, -0.15) is 0 Å². The standard InChI is InChI=1S/C9H13N3S/c1-3-4-5-10-8-6-9(13-2)12-7-11-8/h3,6-7H,1,4-5H2,2H3,(H,10,11,12). The highest BCUT2D eigenvalue weighted by atomic mass is 32.2. The number of nitrogens with zero attached hydrogens (tertiary/aromatic N) is 2. The SMILES string of the molecule is C=CCCNc1cc(SC)ncn1. The van der Waals surface area contributed by atoms with Gasteiger partial charge in [0, 0.05) is 12.6 Å². The van der Waals surface area contributed by atoms with E-state index in [2.05, 4.69) is 21.9 Å². The van der Waals surface area contributed by atoms with Crippen LogP contribution < -0.4 is 5.32 Å². The van der Waals surface area contributed by atoms with Crippen molar-refractivity contribution in [2.45, 2.75) is 11.4 Å². The Kier molecular flexibility index (Phi) is 4.32. The molecule has 0 radical (unpaired) electrons. The van der Waals surface area contributed by atoms with Crippen LogP contribution in [0.15, 0.2) is 30.1 Å². The molecule has 13 heavy (non-hydrogen) atoms. The number of hydrogen-bond acceptors (Lipinski definition) is 4. The summed E-state index contributed by atoms with van der Waals surface area (Å²) in [6.45, 7) is 4.52. The zero-order chi connectivity index (χ0) is 9.52. The van der Waals surface area contributed by atoms with E-state index in [9.17, 15) is 0 Å². The van der Waals surface area contributed by atoms with E-state index >= 15 is 0 Å². The summed E-state index contributed by atoms with van der Waals surface area (Å²) in [6.07, 6.45) is 6.39. The van der Waals surface area contributed by atoms with Gasteiger partial charge < -0.3 is 5.32 Å². The van der Waals surface area contributed by atoms with Gasteiger partial charge in [-0.1, -0.05) is 6.08 Å². The van der Waals surface area contributed by atoms with Gasteiger partial charge in [0.25, 0.3) is 0 Å². The van der Waals surface area contributed by atoms with Crippen LogP contribution in [0.1, 0.15) is 6.42 Å². The first-order chi connectivity index (χ1) is 6.36. The first-order valence-electron chi connectivity index (χ1n) is 4.07. The molecule has 0 atom stereocenters. The number of thioether (sulfide) groups is 1. The quantitative estimate of drug-likeness (QED) is 0.338. The van der Waals surface area contributed by atoms with Crippen LogP contribution in [0.5, 0.6) is 0 Å². The second-order valence-corrected chi connectivity index (χ2v) is 3.28. The van der Waals surface area contributed by atoms with Crippen molar-refractivity contribution in [3.63, 3.8) is 0 Å². The minimum atomic E-state index is 0.869. The lowest BCUT2D eigenvalue weighted by molar-refractivity contribution is 1.00. The van der Waals surface area contributed by atoms with E-state index in [-0.39, 0.29) is 0 Å². The highest BCUT2D eigenvalue weighted by Gasteiger charge is 1.95. The highest BCUT2D eigenvalue weighted by molar-refractivity contribution is 7.98. The van der Waals surface area contributed by atoms with Crippen molar-refractivity contribution >= 4 is 17.6 Å². The number of rotatable bonds is 5. The van der Waals surface area contributed by atoms with Crippen molar-refractivity contribution in [3.8, 4) is 0 Å². The van der Waals surface area contributed by atoms with E-state index in [0.717, 1.165) is 23.8 Å². The Labute approximate surface area is 82.7 Å². The van der Waals surface area contributed by atoms with Gasteiger partial charge in [-0.25, -0.2) is 9.97 Å². The lowest BCUT2D eigenvalue weighted by Crippen LogP contribution is -2.02. The van der Waals surface area contributed by atoms with E-state index in [1.165, 1.54) is 0 Å². The van der Waals surface area contributed by atoms with Gasteiger partial charge in [0.1, 0.15) is 17.2 Å². The van der Waals surface area contributed by atoms with Crippen molar-refractivity contribution < 1.29 is 0 Å². The highest BCUT2D eigenvalue weighted by Crippen LogP contribution is 2.13. The van der Waals surface area contributed by atoms with Crippen molar-refractivity contribution in [3.05, 3.63) is 25.0 Å². The number of aromatic nitrogens is 2. The Morgan fingerprint density at radius 2 is 2.46 bits per heavy atom. The summed E-state index contributed by atoms with van der Waals surface area (Å²) >= 11 is 1.61. The summed E-state index contributed by atoms with van der Waals surface area (Å²) in [6, 6.07) is 1.94. The maximum absolute atomic E-state index is 4.09. The Hall–Kier alpha value is -1.03. The third-order valence-electron chi connectivity index (χ3n) is 1.51. The van der Waals surface area contributed by atoms with Gasteiger partial charge in [-0.3, -0.25) is 0 Å². The molecule has 0 bridgehead atoms. The molecule has 0 amide bonds. The fourth-order valence-corrected chi connectivity index (χ4v) is 1.23. The van der Waals surface area contributed by atoms with E-state index in [0.29, 0.717) is 0 Å². The maximum atomic E-state index is 4.09. The molecule has 0 aliphatic rings. The van der Waals surface area contributed by atoms with Crippen LogP contribution in [-0.2, 0) is 0 Å². The molecule has 70 valence electrons. The predicted molar refractivity (Wildman–Crippen MR) is 57.1 cm³/mol. The minimum absolute atomic E-state index is 0.869. The molecule has 0 saturated heterocycles. The van der Waals surface area contributed by atoms with Crippen LogP contribution in [0.25, 0.3) is 0 Å². The zero-order valence-corrected chi connectivity index (χ0v) is 8.47. The van der Waals surface area contributed by atoms with Crippen molar-refractivity contribution in [1.29, 1.82) is 0 Å². The molecular weight excluding hydrogens is 182 g/mol. The molecule has 0 fully saturated rings. The lowest BCUT2D eigenvalue weighted by atomic mass is 10.4. The van der Waals surface area contributed by atoms with E-state index in [4.69, 9.17) is 0 Å². The fourth-order valence-electron chi connectivity index (χ4n) is 0.850. The van der Waals surface area contributed by atoms with Gasteiger partial charge in [0.05, 0.1) is 0 Å². The molecule has 4 heteroatoms. The molecule has 0 spiro atoms. The summed E-state index contributed by atoms with van der Waals surface area (Å²) < 4.78 is 0. The van der Waals surface area contributed by atoms with Crippen LogP contribution in [-0.4, -0.2) is 22.8 Å². The van der Waals surface area contributed by atoms with Crippen molar-refractivity contribution in [2.75, 3.05) is 18.1 Å². The van der Waals surface area contributed by atoms with Crippen LogP contribution in [0.3, 0.4) is 0 Å². The van der Waals surface area contributed by atoms with Gasteiger partial charge in [-0.05, 0) is 12.7 Å². The molecule has 1 N–H and O–H groups in total. The predicted octanol–water partition coefficient (Wildman–Crippen LogP) is 2.19. The molecule has 0 unspecified atom stereocenters. The Balaban J connectivity index is 2.50. The number of anilines is 1. The molecule has 0 aromatic carbocycles. The minimum Gasteiger partial charge on any atom is -0.370 e.